The highest BCUT2D eigenvalue weighted by Crippen LogP contribution is 2.29. The van der Waals surface area contributed by atoms with E-state index in [4.69, 9.17) is 4.74 Å². The van der Waals surface area contributed by atoms with Crippen molar-refractivity contribution in [3.63, 3.8) is 0 Å². The van der Waals surface area contributed by atoms with Crippen LogP contribution in [0.2, 0.25) is 0 Å². The Hall–Kier alpha value is -1.58. The van der Waals surface area contributed by atoms with Crippen molar-refractivity contribution in [2.75, 3.05) is 19.6 Å². The summed E-state index contributed by atoms with van der Waals surface area (Å²) in [5.41, 5.74) is 1.28. The summed E-state index contributed by atoms with van der Waals surface area (Å²) in [5, 5.41) is 9.67. The molecule has 1 heterocycles. The monoisotopic (exact) mass is 312 g/mol. The number of piperidine rings is 1. The molecule has 1 saturated heterocycles. The molecule has 2 aromatic rings. The molecule has 124 valence electrons. The number of fused-ring (bicyclic) bond motifs is 1. The largest absolute Gasteiger partial charge is 0.491 e. The number of ether oxygens (including phenoxy) is 1. The smallest absolute Gasteiger partial charge is 0.124 e. The van der Waals surface area contributed by atoms with Gasteiger partial charge in [-0.1, -0.05) is 30.3 Å². The molecular formula is C20H28N2O. The molecule has 1 fully saturated rings. The summed E-state index contributed by atoms with van der Waals surface area (Å²) >= 11 is 0. The molecule has 2 N–H and O–H groups in total. The number of hydrogen-bond acceptors (Lipinski definition) is 3. The summed E-state index contributed by atoms with van der Waals surface area (Å²) in [6, 6.07) is 12.8. The Balaban J connectivity index is 1.75. The second-order valence-electron chi connectivity index (χ2n) is 6.75. The van der Waals surface area contributed by atoms with Crippen molar-refractivity contribution in [3.8, 4) is 5.75 Å². The topological polar surface area (TPSA) is 33.3 Å². The van der Waals surface area contributed by atoms with E-state index in [9.17, 15) is 0 Å². The number of nitrogens with one attached hydrogen (secondary N) is 2. The molecule has 3 heteroatoms. The van der Waals surface area contributed by atoms with Crippen LogP contribution in [0.4, 0.5) is 0 Å². The Labute approximate surface area is 139 Å². The highest BCUT2D eigenvalue weighted by atomic mass is 16.5. The average Bonchev–Trinajstić information content (AvgIpc) is 2.57. The van der Waals surface area contributed by atoms with Gasteiger partial charge in [0, 0.05) is 12.1 Å². The van der Waals surface area contributed by atoms with Crippen LogP contribution in [0.3, 0.4) is 0 Å². The van der Waals surface area contributed by atoms with Crippen LogP contribution in [0.15, 0.2) is 36.4 Å². The maximum atomic E-state index is 6.05. The second-order valence-corrected chi connectivity index (χ2v) is 6.75. The number of benzene rings is 2. The lowest BCUT2D eigenvalue weighted by Gasteiger charge is -2.23. The Morgan fingerprint density at radius 3 is 2.70 bits per heavy atom. The summed E-state index contributed by atoms with van der Waals surface area (Å²) < 4.78 is 6.05. The van der Waals surface area contributed by atoms with E-state index in [0.29, 0.717) is 0 Å². The summed E-state index contributed by atoms with van der Waals surface area (Å²) in [5.74, 6) is 1.80. The predicted molar refractivity (Wildman–Crippen MR) is 97.0 cm³/mol. The van der Waals surface area contributed by atoms with Gasteiger partial charge in [-0.15, -0.1) is 0 Å². The molecule has 2 aromatic carbocycles. The van der Waals surface area contributed by atoms with Gasteiger partial charge in [-0.25, -0.2) is 0 Å². The third-order valence-electron chi connectivity index (χ3n) is 4.55. The van der Waals surface area contributed by atoms with Crippen molar-refractivity contribution < 1.29 is 4.74 Å². The third kappa shape index (κ3) is 4.24. The minimum Gasteiger partial charge on any atom is -0.491 e. The normalized spacial score (nSPS) is 16.1. The molecule has 0 unspecified atom stereocenters. The lowest BCUT2D eigenvalue weighted by atomic mass is 9.98. The Kier molecular flexibility index (Phi) is 5.52. The SMILES string of the molecule is CC(C)Oc1ccc2ccccc2c1CNCC1CCNCC1. The van der Waals surface area contributed by atoms with Crippen LogP contribution in [0.1, 0.15) is 32.3 Å². The van der Waals surface area contributed by atoms with Gasteiger partial charge in [0.1, 0.15) is 5.75 Å². The van der Waals surface area contributed by atoms with Crippen LogP contribution in [-0.4, -0.2) is 25.7 Å². The van der Waals surface area contributed by atoms with E-state index in [1.54, 1.807) is 0 Å². The summed E-state index contributed by atoms with van der Waals surface area (Å²) in [4.78, 5) is 0. The molecular weight excluding hydrogens is 284 g/mol. The lowest BCUT2D eigenvalue weighted by Crippen LogP contribution is -2.33. The fourth-order valence-electron chi connectivity index (χ4n) is 3.35. The van der Waals surface area contributed by atoms with Crippen molar-refractivity contribution in [2.45, 2.75) is 39.3 Å². The zero-order valence-electron chi connectivity index (χ0n) is 14.3. The maximum absolute atomic E-state index is 6.05. The van der Waals surface area contributed by atoms with E-state index in [1.165, 1.54) is 29.2 Å². The van der Waals surface area contributed by atoms with E-state index < -0.39 is 0 Å². The van der Waals surface area contributed by atoms with Gasteiger partial charge in [0.25, 0.3) is 0 Å². The fraction of sp³-hybridized carbons (Fsp3) is 0.500. The quantitative estimate of drug-likeness (QED) is 0.853. The Bertz CT molecular complexity index is 633. The highest BCUT2D eigenvalue weighted by Gasteiger charge is 2.14. The van der Waals surface area contributed by atoms with Crippen molar-refractivity contribution in [3.05, 3.63) is 42.0 Å². The first-order chi connectivity index (χ1) is 11.2. The van der Waals surface area contributed by atoms with Gasteiger partial charge in [-0.3, -0.25) is 0 Å². The maximum Gasteiger partial charge on any atom is 0.124 e. The zero-order valence-corrected chi connectivity index (χ0v) is 14.3. The van der Waals surface area contributed by atoms with E-state index >= 15 is 0 Å². The summed E-state index contributed by atoms with van der Waals surface area (Å²) in [6.07, 6.45) is 2.75. The molecule has 0 atom stereocenters. The molecule has 0 aromatic heterocycles. The van der Waals surface area contributed by atoms with Crippen LogP contribution in [0.25, 0.3) is 10.8 Å². The van der Waals surface area contributed by atoms with E-state index in [-0.39, 0.29) is 6.10 Å². The summed E-state index contributed by atoms with van der Waals surface area (Å²) in [7, 11) is 0. The first-order valence-corrected chi connectivity index (χ1v) is 8.83. The molecule has 3 nitrogen and oxygen atoms in total. The molecule has 0 amide bonds. The molecule has 0 bridgehead atoms. The molecule has 1 aliphatic heterocycles. The fourth-order valence-corrected chi connectivity index (χ4v) is 3.35. The van der Waals surface area contributed by atoms with Gasteiger partial charge in [-0.05, 0) is 69.1 Å². The predicted octanol–water partition coefficient (Wildman–Crippen LogP) is 3.72. The van der Waals surface area contributed by atoms with E-state index in [0.717, 1.165) is 37.8 Å². The molecule has 0 aliphatic carbocycles. The van der Waals surface area contributed by atoms with Crippen LogP contribution >= 0.6 is 0 Å². The van der Waals surface area contributed by atoms with Gasteiger partial charge < -0.3 is 15.4 Å². The van der Waals surface area contributed by atoms with Crippen molar-refractivity contribution in [1.82, 2.24) is 10.6 Å². The molecule has 1 aliphatic rings. The van der Waals surface area contributed by atoms with Gasteiger partial charge in [0.2, 0.25) is 0 Å². The van der Waals surface area contributed by atoms with E-state index in [1.807, 2.05) is 0 Å². The van der Waals surface area contributed by atoms with Gasteiger partial charge >= 0.3 is 0 Å². The standard InChI is InChI=1S/C20H28N2O/c1-15(2)23-20-8-7-17-5-3-4-6-18(17)19(20)14-22-13-16-9-11-21-12-10-16/h3-8,15-16,21-22H,9-14H2,1-2H3. The first kappa shape index (κ1) is 16.3. The van der Waals surface area contributed by atoms with Crippen LogP contribution in [-0.2, 0) is 6.54 Å². The highest BCUT2D eigenvalue weighted by molar-refractivity contribution is 5.87. The molecule has 0 saturated carbocycles. The Morgan fingerprint density at radius 1 is 1.13 bits per heavy atom. The minimum absolute atomic E-state index is 0.194. The summed E-state index contributed by atoms with van der Waals surface area (Å²) in [6.45, 7) is 8.44. The van der Waals surface area contributed by atoms with Crippen LogP contribution in [0.5, 0.6) is 5.75 Å². The first-order valence-electron chi connectivity index (χ1n) is 8.83. The third-order valence-corrected chi connectivity index (χ3v) is 4.55. The molecule has 23 heavy (non-hydrogen) atoms. The number of rotatable bonds is 6. The van der Waals surface area contributed by atoms with Crippen LogP contribution < -0.4 is 15.4 Å². The van der Waals surface area contributed by atoms with Gasteiger partial charge in [-0.2, -0.15) is 0 Å². The lowest BCUT2D eigenvalue weighted by molar-refractivity contribution is 0.239. The molecule has 3 rings (SSSR count). The van der Waals surface area contributed by atoms with Crippen molar-refractivity contribution in [2.24, 2.45) is 5.92 Å². The zero-order chi connectivity index (χ0) is 16.1. The molecule has 0 spiro atoms. The number of hydrogen-bond donors (Lipinski definition) is 2. The van der Waals surface area contributed by atoms with Crippen LogP contribution in [0, 0.1) is 5.92 Å². The Morgan fingerprint density at radius 2 is 1.91 bits per heavy atom. The van der Waals surface area contributed by atoms with Crippen molar-refractivity contribution >= 4 is 10.8 Å². The van der Waals surface area contributed by atoms with Crippen molar-refractivity contribution in [1.29, 1.82) is 0 Å². The van der Waals surface area contributed by atoms with Gasteiger partial charge in [0.05, 0.1) is 6.10 Å². The average molecular weight is 312 g/mol. The second kappa shape index (κ2) is 7.80. The minimum atomic E-state index is 0.194. The van der Waals surface area contributed by atoms with E-state index in [2.05, 4.69) is 60.9 Å². The van der Waals surface area contributed by atoms with Gasteiger partial charge in [0.15, 0.2) is 0 Å². The molecule has 0 radical (unpaired) electrons.